The van der Waals surface area contributed by atoms with Crippen molar-refractivity contribution in [3.63, 3.8) is 0 Å². The molecule has 2 N–H and O–H groups in total. The zero-order valence-corrected chi connectivity index (χ0v) is 11.1. The van der Waals surface area contributed by atoms with E-state index < -0.39 is 5.97 Å². The lowest BCUT2D eigenvalue weighted by Crippen LogP contribution is -2.12. The second-order valence-electron chi connectivity index (χ2n) is 4.18. The van der Waals surface area contributed by atoms with Gasteiger partial charge in [0.05, 0.1) is 0 Å². The number of carboxylic acid groups (broad SMARTS) is 1. The molecule has 2 heterocycles. The Kier molecular flexibility index (Phi) is 3.84. The van der Waals surface area contributed by atoms with E-state index in [1.54, 1.807) is 24.3 Å². The maximum atomic E-state index is 10.8. The molecular weight excluding hydrogens is 250 g/mol. The molecule has 2 aromatic heterocycles. The van der Waals surface area contributed by atoms with Crippen molar-refractivity contribution >= 4 is 17.3 Å². The molecule has 4 nitrogen and oxygen atoms in total. The van der Waals surface area contributed by atoms with Crippen LogP contribution in [0.1, 0.15) is 33.0 Å². The summed E-state index contributed by atoms with van der Waals surface area (Å²) in [6.45, 7) is 5.25. The molecule has 0 aromatic carbocycles. The molecule has 0 saturated heterocycles. The number of carbonyl (C=O) groups is 1. The van der Waals surface area contributed by atoms with E-state index in [1.165, 1.54) is 11.1 Å². The molecule has 5 heteroatoms. The molecule has 0 atom stereocenters. The molecule has 0 unspecified atom stereocenters. The molecule has 0 aliphatic rings. The van der Waals surface area contributed by atoms with Crippen molar-refractivity contribution in [2.75, 3.05) is 0 Å². The molecule has 0 saturated carbocycles. The highest BCUT2D eigenvalue weighted by molar-refractivity contribution is 7.08. The van der Waals surface area contributed by atoms with Crippen LogP contribution in [0.3, 0.4) is 0 Å². The zero-order chi connectivity index (χ0) is 13.1. The number of hydrogen-bond acceptors (Lipinski definition) is 4. The lowest BCUT2D eigenvalue weighted by atomic mass is 10.2. The number of aromatic carboxylic acids is 1. The number of carboxylic acids is 1. The normalized spacial score (nSPS) is 10.8. The van der Waals surface area contributed by atoms with Crippen LogP contribution in [0.25, 0.3) is 0 Å². The summed E-state index contributed by atoms with van der Waals surface area (Å²) in [5, 5.41) is 16.3. The van der Waals surface area contributed by atoms with Gasteiger partial charge in [0.15, 0.2) is 0 Å². The van der Waals surface area contributed by atoms with Crippen molar-refractivity contribution in [1.29, 1.82) is 0 Å². The van der Waals surface area contributed by atoms with Gasteiger partial charge in [-0.1, -0.05) is 0 Å². The first kappa shape index (κ1) is 12.9. The van der Waals surface area contributed by atoms with Crippen LogP contribution in [0.2, 0.25) is 0 Å². The largest absolute Gasteiger partial charge is 0.475 e. The zero-order valence-electron chi connectivity index (χ0n) is 10.3. The highest BCUT2D eigenvalue weighted by Gasteiger charge is 2.12. The fourth-order valence-electron chi connectivity index (χ4n) is 1.70. The van der Waals surface area contributed by atoms with E-state index in [9.17, 15) is 4.79 Å². The average Bonchev–Trinajstić information content (AvgIpc) is 2.87. The van der Waals surface area contributed by atoms with Gasteiger partial charge in [0.25, 0.3) is 0 Å². The van der Waals surface area contributed by atoms with Crippen LogP contribution in [0.4, 0.5) is 0 Å². The highest BCUT2D eigenvalue weighted by atomic mass is 32.1. The minimum atomic E-state index is -1.03. The van der Waals surface area contributed by atoms with Gasteiger partial charge >= 0.3 is 5.97 Å². The number of aryl methyl sites for hydroxylation is 2. The molecule has 0 spiro atoms. The molecule has 2 rings (SSSR count). The SMILES string of the molecule is Cc1cscc1CNCc1cc(C(=O)O)oc1C. The van der Waals surface area contributed by atoms with Crippen LogP contribution in [-0.4, -0.2) is 11.1 Å². The van der Waals surface area contributed by atoms with E-state index in [2.05, 4.69) is 23.0 Å². The average molecular weight is 265 g/mol. The third-order valence-corrected chi connectivity index (χ3v) is 3.73. The van der Waals surface area contributed by atoms with Gasteiger partial charge in [-0.15, -0.1) is 0 Å². The van der Waals surface area contributed by atoms with E-state index >= 15 is 0 Å². The van der Waals surface area contributed by atoms with E-state index in [0.717, 1.165) is 12.1 Å². The van der Waals surface area contributed by atoms with Gasteiger partial charge in [0.2, 0.25) is 5.76 Å². The summed E-state index contributed by atoms with van der Waals surface area (Å²) in [5.41, 5.74) is 3.45. The van der Waals surface area contributed by atoms with Crippen molar-refractivity contribution < 1.29 is 14.3 Å². The molecule has 2 aromatic rings. The number of rotatable bonds is 5. The Morgan fingerprint density at radius 1 is 1.33 bits per heavy atom. The number of nitrogens with one attached hydrogen (secondary N) is 1. The topological polar surface area (TPSA) is 62.5 Å². The number of furan rings is 1. The van der Waals surface area contributed by atoms with Crippen molar-refractivity contribution in [3.05, 3.63) is 45.0 Å². The summed E-state index contributed by atoms with van der Waals surface area (Å²) in [6.07, 6.45) is 0. The monoisotopic (exact) mass is 265 g/mol. The third kappa shape index (κ3) is 2.80. The fourth-order valence-corrected chi connectivity index (χ4v) is 2.56. The summed E-state index contributed by atoms with van der Waals surface area (Å²) in [5.74, 6) is -0.379. The first-order valence-corrected chi connectivity index (χ1v) is 6.57. The molecule has 96 valence electrons. The van der Waals surface area contributed by atoms with Gasteiger partial charge in [-0.25, -0.2) is 4.79 Å². The summed E-state index contributed by atoms with van der Waals surface area (Å²) >= 11 is 1.69. The fraction of sp³-hybridized carbons (Fsp3) is 0.308. The van der Waals surface area contributed by atoms with E-state index in [-0.39, 0.29) is 5.76 Å². The van der Waals surface area contributed by atoms with Crippen molar-refractivity contribution in [2.45, 2.75) is 26.9 Å². The van der Waals surface area contributed by atoms with Crippen LogP contribution in [-0.2, 0) is 13.1 Å². The Hall–Kier alpha value is -1.59. The van der Waals surface area contributed by atoms with Gasteiger partial charge in [-0.05, 0) is 41.8 Å². The third-order valence-electron chi connectivity index (χ3n) is 2.82. The van der Waals surface area contributed by atoms with Gasteiger partial charge < -0.3 is 14.8 Å². The summed E-state index contributed by atoms with van der Waals surface area (Å²) in [6, 6.07) is 1.57. The minimum Gasteiger partial charge on any atom is -0.475 e. The first-order valence-electron chi connectivity index (χ1n) is 5.63. The Morgan fingerprint density at radius 2 is 2.06 bits per heavy atom. The lowest BCUT2D eigenvalue weighted by Gasteiger charge is -2.03. The van der Waals surface area contributed by atoms with Crippen molar-refractivity contribution in [2.24, 2.45) is 0 Å². The van der Waals surface area contributed by atoms with Crippen LogP contribution >= 0.6 is 11.3 Å². The summed E-state index contributed by atoms with van der Waals surface area (Å²) < 4.78 is 5.15. The molecular formula is C13H15NO3S. The van der Waals surface area contributed by atoms with Gasteiger partial charge in [-0.2, -0.15) is 11.3 Å². The Morgan fingerprint density at radius 3 is 2.61 bits per heavy atom. The smallest absolute Gasteiger partial charge is 0.371 e. The minimum absolute atomic E-state index is 0.00369. The molecule has 0 bridgehead atoms. The second kappa shape index (κ2) is 5.37. The van der Waals surface area contributed by atoms with Gasteiger partial charge in [0.1, 0.15) is 5.76 Å². The summed E-state index contributed by atoms with van der Waals surface area (Å²) in [7, 11) is 0. The van der Waals surface area contributed by atoms with E-state index in [1.807, 2.05) is 0 Å². The Labute approximate surface area is 109 Å². The maximum Gasteiger partial charge on any atom is 0.371 e. The van der Waals surface area contributed by atoms with Crippen molar-refractivity contribution in [3.8, 4) is 0 Å². The summed E-state index contributed by atoms with van der Waals surface area (Å²) in [4.78, 5) is 10.8. The Balaban J connectivity index is 1.94. The van der Waals surface area contributed by atoms with Crippen molar-refractivity contribution in [1.82, 2.24) is 5.32 Å². The second-order valence-corrected chi connectivity index (χ2v) is 4.92. The molecule has 0 radical (unpaired) electrons. The maximum absolute atomic E-state index is 10.8. The Bertz CT molecular complexity index is 556. The van der Waals surface area contributed by atoms with Crippen LogP contribution in [0.5, 0.6) is 0 Å². The van der Waals surface area contributed by atoms with Gasteiger partial charge in [0, 0.05) is 18.7 Å². The van der Waals surface area contributed by atoms with Crippen LogP contribution in [0.15, 0.2) is 21.2 Å². The lowest BCUT2D eigenvalue weighted by molar-refractivity contribution is 0.0661. The predicted octanol–water partition coefficient (Wildman–Crippen LogP) is 2.95. The van der Waals surface area contributed by atoms with Crippen LogP contribution in [0, 0.1) is 13.8 Å². The molecule has 18 heavy (non-hydrogen) atoms. The quantitative estimate of drug-likeness (QED) is 0.872. The van der Waals surface area contributed by atoms with Gasteiger partial charge in [-0.3, -0.25) is 0 Å². The van der Waals surface area contributed by atoms with Crippen LogP contribution < -0.4 is 5.32 Å². The van der Waals surface area contributed by atoms with E-state index in [0.29, 0.717) is 12.3 Å². The molecule has 0 aliphatic heterocycles. The number of hydrogen-bond donors (Lipinski definition) is 2. The van der Waals surface area contributed by atoms with E-state index in [4.69, 9.17) is 9.52 Å². The highest BCUT2D eigenvalue weighted by Crippen LogP contribution is 2.16. The molecule has 0 aliphatic carbocycles. The number of thiophene rings is 1. The standard InChI is InChI=1S/C13H15NO3S/c1-8-6-18-7-11(8)5-14-4-10-3-12(13(15)16)17-9(10)2/h3,6-7,14H,4-5H2,1-2H3,(H,15,16). The molecule has 0 fully saturated rings. The first-order chi connectivity index (χ1) is 8.58. The predicted molar refractivity (Wildman–Crippen MR) is 70.0 cm³/mol. The molecule has 0 amide bonds.